The number of anilines is 1. The Morgan fingerprint density at radius 2 is 1.89 bits per heavy atom. The molecule has 6 heteroatoms. The average Bonchev–Trinajstić information content (AvgIpc) is 2.69. The molecular formula is C21H29F3N2O. The molecule has 1 aliphatic carbocycles. The van der Waals surface area contributed by atoms with E-state index in [0.717, 1.165) is 64.2 Å². The molecule has 1 unspecified atom stereocenters. The predicted octanol–water partition coefficient (Wildman–Crippen LogP) is 5.10. The molecule has 1 saturated carbocycles. The van der Waals surface area contributed by atoms with Crippen LogP contribution in [0.5, 0.6) is 0 Å². The fourth-order valence-corrected chi connectivity index (χ4v) is 4.48. The van der Waals surface area contributed by atoms with Crippen LogP contribution in [0.4, 0.5) is 18.9 Å². The molecule has 1 heterocycles. The smallest absolute Gasteiger partial charge is 0.371 e. The molecule has 0 aromatic heterocycles. The molecule has 3 nitrogen and oxygen atoms in total. The molecule has 1 aromatic rings. The lowest BCUT2D eigenvalue weighted by Gasteiger charge is -2.37. The fourth-order valence-electron chi connectivity index (χ4n) is 4.48. The van der Waals surface area contributed by atoms with Gasteiger partial charge in [-0.1, -0.05) is 25.3 Å². The van der Waals surface area contributed by atoms with E-state index in [0.29, 0.717) is 17.6 Å². The van der Waals surface area contributed by atoms with Crippen LogP contribution in [0.1, 0.15) is 56.9 Å². The summed E-state index contributed by atoms with van der Waals surface area (Å²) in [6.45, 7) is 2.31. The number of hydrogen-bond donors (Lipinski definition) is 0. The second kappa shape index (κ2) is 8.98. The van der Waals surface area contributed by atoms with E-state index in [-0.39, 0.29) is 0 Å². The Hall–Kier alpha value is -1.72. The minimum absolute atomic E-state index is 0.374. The summed E-state index contributed by atoms with van der Waals surface area (Å²) in [5.41, 5.74) is 0.0561. The number of piperidine rings is 1. The Morgan fingerprint density at radius 3 is 2.59 bits per heavy atom. The van der Waals surface area contributed by atoms with Gasteiger partial charge < -0.3 is 9.80 Å². The highest BCUT2D eigenvalue weighted by molar-refractivity contribution is 5.50. The lowest BCUT2D eigenvalue weighted by atomic mass is 9.92. The van der Waals surface area contributed by atoms with E-state index >= 15 is 0 Å². The molecule has 1 saturated heterocycles. The highest BCUT2D eigenvalue weighted by atomic mass is 19.4. The summed E-state index contributed by atoms with van der Waals surface area (Å²) in [5.74, 6) is 0.416. The summed E-state index contributed by atoms with van der Waals surface area (Å²) in [5, 5.41) is 0. The maximum atomic E-state index is 13.0. The van der Waals surface area contributed by atoms with Gasteiger partial charge in [-0.15, -0.1) is 0 Å². The third kappa shape index (κ3) is 5.39. The minimum atomic E-state index is -4.31. The summed E-state index contributed by atoms with van der Waals surface area (Å²) in [4.78, 5) is 15.5. The lowest BCUT2D eigenvalue weighted by Crippen LogP contribution is -2.40. The van der Waals surface area contributed by atoms with Gasteiger partial charge in [0, 0.05) is 31.4 Å². The Kier molecular flexibility index (Phi) is 6.66. The number of halogens is 3. The predicted molar refractivity (Wildman–Crippen MR) is 101 cm³/mol. The number of alkyl halides is 3. The third-order valence-electron chi connectivity index (χ3n) is 6.03. The molecule has 2 fully saturated rings. The summed E-state index contributed by atoms with van der Waals surface area (Å²) in [7, 11) is 0. The van der Waals surface area contributed by atoms with Gasteiger partial charge in [0.2, 0.25) is 6.41 Å². The van der Waals surface area contributed by atoms with Crippen molar-refractivity contribution in [3.05, 3.63) is 29.8 Å². The molecule has 1 aliphatic heterocycles. The molecule has 27 heavy (non-hydrogen) atoms. The lowest BCUT2D eigenvalue weighted by molar-refractivity contribution is -0.137. The molecule has 3 rings (SSSR count). The SMILES string of the molecule is O=CN(CCC1CCCN(c2cccc(C(F)(F)F)c2)C1)C1CCCCC1. The second-order valence-corrected chi connectivity index (χ2v) is 7.93. The van der Waals surface area contributed by atoms with Gasteiger partial charge in [-0.05, 0) is 56.2 Å². The highest BCUT2D eigenvalue weighted by Crippen LogP contribution is 2.33. The third-order valence-corrected chi connectivity index (χ3v) is 6.03. The number of carbonyl (C=O) groups excluding carboxylic acids is 1. The van der Waals surface area contributed by atoms with Gasteiger partial charge in [0.05, 0.1) is 5.56 Å². The second-order valence-electron chi connectivity index (χ2n) is 7.93. The van der Waals surface area contributed by atoms with E-state index in [9.17, 15) is 18.0 Å². The van der Waals surface area contributed by atoms with Crippen LogP contribution in [0.25, 0.3) is 0 Å². The van der Waals surface area contributed by atoms with E-state index in [2.05, 4.69) is 4.90 Å². The van der Waals surface area contributed by atoms with Crippen molar-refractivity contribution in [2.75, 3.05) is 24.5 Å². The molecular weight excluding hydrogens is 353 g/mol. The molecule has 0 radical (unpaired) electrons. The first-order valence-corrected chi connectivity index (χ1v) is 10.1. The summed E-state index contributed by atoms with van der Waals surface area (Å²) in [6, 6.07) is 6.00. The first-order valence-electron chi connectivity index (χ1n) is 10.1. The van der Waals surface area contributed by atoms with E-state index in [1.54, 1.807) is 6.07 Å². The number of nitrogens with zero attached hydrogens (tertiary/aromatic N) is 2. The van der Waals surface area contributed by atoms with Crippen LogP contribution in [0.2, 0.25) is 0 Å². The van der Waals surface area contributed by atoms with Gasteiger partial charge in [-0.2, -0.15) is 13.2 Å². The molecule has 0 N–H and O–H groups in total. The zero-order valence-corrected chi connectivity index (χ0v) is 15.8. The van der Waals surface area contributed by atoms with Gasteiger partial charge in [0.1, 0.15) is 0 Å². The van der Waals surface area contributed by atoms with Gasteiger partial charge in [0.25, 0.3) is 0 Å². The molecule has 2 aliphatic rings. The highest BCUT2D eigenvalue weighted by Gasteiger charge is 2.31. The number of rotatable bonds is 6. The summed E-state index contributed by atoms with van der Waals surface area (Å²) in [6.07, 6.45) is 5.50. The largest absolute Gasteiger partial charge is 0.416 e. The van der Waals surface area contributed by atoms with Crippen molar-refractivity contribution in [1.29, 1.82) is 0 Å². The number of benzene rings is 1. The van der Waals surface area contributed by atoms with Gasteiger partial charge >= 0.3 is 6.18 Å². The average molecular weight is 382 g/mol. The Balaban J connectivity index is 1.57. The van der Waals surface area contributed by atoms with Gasteiger partial charge in [-0.25, -0.2) is 0 Å². The summed E-state index contributed by atoms with van der Waals surface area (Å²) >= 11 is 0. The normalized spacial score (nSPS) is 21.9. The number of amides is 1. The van der Waals surface area contributed by atoms with E-state index in [4.69, 9.17) is 0 Å². The van der Waals surface area contributed by atoms with E-state index < -0.39 is 11.7 Å². The monoisotopic (exact) mass is 382 g/mol. The van der Waals surface area contributed by atoms with Gasteiger partial charge in [-0.3, -0.25) is 4.79 Å². The van der Waals surface area contributed by atoms with Crippen molar-refractivity contribution >= 4 is 12.1 Å². The van der Waals surface area contributed by atoms with Crippen molar-refractivity contribution in [3.8, 4) is 0 Å². The van der Waals surface area contributed by atoms with Crippen LogP contribution in [0.15, 0.2) is 24.3 Å². The first kappa shape index (κ1) is 20.0. The Morgan fingerprint density at radius 1 is 1.11 bits per heavy atom. The maximum absolute atomic E-state index is 13.0. The van der Waals surface area contributed by atoms with Crippen LogP contribution in [-0.4, -0.2) is 37.0 Å². The van der Waals surface area contributed by atoms with Crippen LogP contribution >= 0.6 is 0 Å². The minimum Gasteiger partial charge on any atom is -0.371 e. The van der Waals surface area contributed by atoms with Crippen molar-refractivity contribution in [2.24, 2.45) is 5.92 Å². The van der Waals surface area contributed by atoms with Crippen LogP contribution in [0, 0.1) is 5.92 Å². The van der Waals surface area contributed by atoms with E-state index in [1.807, 2.05) is 4.90 Å². The summed E-state index contributed by atoms with van der Waals surface area (Å²) < 4.78 is 38.9. The van der Waals surface area contributed by atoms with Crippen molar-refractivity contribution in [3.63, 3.8) is 0 Å². The quantitative estimate of drug-likeness (QED) is 0.639. The Bertz CT molecular complexity index is 614. The topological polar surface area (TPSA) is 23.6 Å². The van der Waals surface area contributed by atoms with Crippen molar-refractivity contribution < 1.29 is 18.0 Å². The number of hydrogen-bond acceptors (Lipinski definition) is 2. The van der Waals surface area contributed by atoms with Gasteiger partial charge in [0.15, 0.2) is 0 Å². The maximum Gasteiger partial charge on any atom is 0.416 e. The molecule has 1 amide bonds. The zero-order chi connectivity index (χ0) is 19.3. The molecule has 1 atom stereocenters. The first-order chi connectivity index (χ1) is 13.0. The van der Waals surface area contributed by atoms with E-state index in [1.165, 1.54) is 31.4 Å². The fraction of sp³-hybridized carbons (Fsp3) is 0.667. The molecule has 0 spiro atoms. The molecule has 0 bridgehead atoms. The Labute approximate surface area is 159 Å². The molecule has 1 aromatic carbocycles. The number of carbonyl (C=O) groups is 1. The zero-order valence-electron chi connectivity index (χ0n) is 15.8. The van der Waals surface area contributed by atoms with Crippen molar-refractivity contribution in [2.45, 2.75) is 63.6 Å². The van der Waals surface area contributed by atoms with Crippen LogP contribution in [0.3, 0.4) is 0 Å². The molecule has 150 valence electrons. The van der Waals surface area contributed by atoms with Crippen molar-refractivity contribution in [1.82, 2.24) is 4.90 Å². The van der Waals surface area contributed by atoms with Crippen LogP contribution in [-0.2, 0) is 11.0 Å². The standard InChI is InChI=1S/C21H29F3N2O/c22-21(23,24)18-7-4-10-20(14-18)25-12-5-6-17(15-25)11-13-26(16-27)19-8-2-1-3-9-19/h4,7,10,14,16-17,19H,1-3,5-6,8-9,11-13,15H2. The van der Waals surface area contributed by atoms with Crippen LogP contribution < -0.4 is 4.90 Å².